The average molecular weight is 309 g/mol. The van der Waals surface area contributed by atoms with Crippen LogP contribution in [0.1, 0.15) is 24.8 Å². The summed E-state index contributed by atoms with van der Waals surface area (Å²) in [5.74, 6) is 0.567. The summed E-state index contributed by atoms with van der Waals surface area (Å²) in [6.45, 7) is 2.12. The van der Waals surface area contributed by atoms with Crippen LogP contribution in [-0.2, 0) is 0 Å². The van der Waals surface area contributed by atoms with Gasteiger partial charge >= 0.3 is 0 Å². The Bertz CT molecular complexity index is 663. The first kappa shape index (κ1) is 15.4. The fourth-order valence-corrected chi connectivity index (χ4v) is 3.15. The Labute approximate surface area is 137 Å². The number of para-hydroxylation sites is 2. The smallest absolute Gasteiger partial charge is 0.181 e. The highest BCUT2D eigenvalue weighted by atomic mass is 16.4. The minimum Gasteiger partial charge on any atom is -0.409 e. The van der Waals surface area contributed by atoms with E-state index in [1.54, 1.807) is 0 Å². The van der Waals surface area contributed by atoms with E-state index in [-0.39, 0.29) is 0 Å². The number of benzene rings is 2. The van der Waals surface area contributed by atoms with E-state index in [4.69, 9.17) is 0 Å². The van der Waals surface area contributed by atoms with Gasteiger partial charge in [0.05, 0.1) is 0 Å². The van der Waals surface area contributed by atoms with Crippen molar-refractivity contribution in [2.45, 2.75) is 19.3 Å². The second-order valence-electron chi connectivity index (χ2n) is 5.88. The van der Waals surface area contributed by atoms with E-state index in [2.05, 4.69) is 16.1 Å². The molecule has 1 fully saturated rings. The molecule has 0 unspecified atom stereocenters. The maximum atomic E-state index is 9.66. The van der Waals surface area contributed by atoms with Gasteiger partial charge in [-0.15, -0.1) is 0 Å². The molecular formula is C19H23N3O. The van der Waals surface area contributed by atoms with Crippen molar-refractivity contribution < 1.29 is 5.21 Å². The van der Waals surface area contributed by atoms with Gasteiger partial charge in [-0.1, -0.05) is 35.5 Å². The van der Waals surface area contributed by atoms with Gasteiger partial charge in [0.25, 0.3) is 0 Å². The van der Waals surface area contributed by atoms with Crippen molar-refractivity contribution >= 4 is 17.2 Å². The zero-order valence-electron chi connectivity index (χ0n) is 13.5. The molecule has 0 radical (unpaired) electrons. The molecule has 1 N–H and O–H groups in total. The van der Waals surface area contributed by atoms with Crippen LogP contribution < -0.4 is 9.80 Å². The van der Waals surface area contributed by atoms with Crippen LogP contribution in [0.25, 0.3) is 0 Å². The molecule has 1 aliphatic heterocycles. The van der Waals surface area contributed by atoms with Crippen LogP contribution in [0.5, 0.6) is 0 Å². The molecule has 0 bridgehead atoms. The molecule has 2 aromatic rings. The van der Waals surface area contributed by atoms with Crippen molar-refractivity contribution in [1.29, 1.82) is 0 Å². The van der Waals surface area contributed by atoms with E-state index in [0.29, 0.717) is 5.84 Å². The standard InChI is InChI=1S/C19H23N3O/c1-21(16-10-4-2-5-11-16)19(20-23)17-12-6-7-13-18(17)22-14-8-3-9-15-22/h2,4-7,10-13,23H,3,8-9,14-15H2,1H3/b20-19-. The largest absolute Gasteiger partial charge is 0.409 e. The van der Waals surface area contributed by atoms with E-state index in [1.165, 1.54) is 19.3 Å². The number of anilines is 2. The molecule has 0 atom stereocenters. The van der Waals surface area contributed by atoms with Gasteiger partial charge in [0, 0.05) is 37.1 Å². The van der Waals surface area contributed by atoms with Crippen LogP contribution >= 0.6 is 0 Å². The first-order valence-corrected chi connectivity index (χ1v) is 8.16. The molecule has 0 spiro atoms. The Balaban J connectivity index is 1.96. The molecule has 3 rings (SSSR count). The number of hydrogen-bond acceptors (Lipinski definition) is 3. The average Bonchev–Trinajstić information content (AvgIpc) is 2.64. The topological polar surface area (TPSA) is 39.1 Å². The Kier molecular flexibility index (Phi) is 4.81. The second-order valence-corrected chi connectivity index (χ2v) is 5.88. The van der Waals surface area contributed by atoms with Crippen molar-refractivity contribution in [3.05, 3.63) is 60.2 Å². The van der Waals surface area contributed by atoms with Crippen molar-refractivity contribution in [3.8, 4) is 0 Å². The number of amidine groups is 1. The molecular weight excluding hydrogens is 286 g/mol. The molecule has 4 heteroatoms. The number of piperidine rings is 1. The van der Waals surface area contributed by atoms with Gasteiger partial charge in [-0.25, -0.2) is 0 Å². The van der Waals surface area contributed by atoms with Crippen LogP contribution in [0.2, 0.25) is 0 Å². The summed E-state index contributed by atoms with van der Waals surface area (Å²) < 4.78 is 0. The molecule has 0 saturated carbocycles. The first-order chi connectivity index (χ1) is 11.3. The lowest BCUT2D eigenvalue weighted by Gasteiger charge is -2.32. The summed E-state index contributed by atoms with van der Waals surface area (Å²) >= 11 is 0. The van der Waals surface area contributed by atoms with Crippen molar-refractivity contribution in [2.24, 2.45) is 5.16 Å². The van der Waals surface area contributed by atoms with E-state index < -0.39 is 0 Å². The molecule has 0 aliphatic carbocycles. The fraction of sp³-hybridized carbons (Fsp3) is 0.316. The van der Waals surface area contributed by atoms with Crippen LogP contribution in [0.15, 0.2) is 59.8 Å². The number of nitrogens with zero attached hydrogens (tertiary/aromatic N) is 3. The molecule has 1 heterocycles. The second kappa shape index (κ2) is 7.18. The van der Waals surface area contributed by atoms with Gasteiger partial charge in [0.15, 0.2) is 5.84 Å². The van der Waals surface area contributed by atoms with E-state index in [0.717, 1.165) is 30.0 Å². The first-order valence-electron chi connectivity index (χ1n) is 8.16. The Hall–Kier alpha value is -2.49. The minimum atomic E-state index is 0.567. The molecule has 120 valence electrons. The van der Waals surface area contributed by atoms with Crippen LogP contribution in [0, 0.1) is 0 Å². The van der Waals surface area contributed by atoms with Crippen molar-refractivity contribution in [2.75, 3.05) is 29.9 Å². The summed E-state index contributed by atoms with van der Waals surface area (Å²) in [6.07, 6.45) is 3.73. The van der Waals surface area contributed by atoms with Gasteiger partial charge in [0.1, 0.15) is 0 Å². The predicted molar refractivity (Wildman–Crippen MR) is 95.7 cm³/mol. The van der Waals surface area contributed by atoms with Gasteiger partial charge in [-0.2, -0.15) is 0 Å². The van der Waals surface area contributed by atoms with Gasteiger partial charge < -0.3 is 15.0 Å². The maximum absolute atomic E-state index is 9.66. The third-order valence-electron chi connectivity index (χ3n) is 4.40. The summed E-state index contributed by atoms with van der Waals surface area (Å²) in [7, 11) is 1.93. The zero-order chi connectivity index (χ0) is 16.1. The van der Waals surface area contributed by atoms with Crippen molar-refractivity contribution in [3.63, 3.8) is 0 Å². The monoisotopic (exact) mass is 309 g/mol. The highest BCUT2D eigenvalue weighted by Gasteiger charge is 2.20. The zero-order valence-corrected chi connectivity index (χ0v) is 13.5. The highest BCUT2D eigenvalue weighted by Crippen LogP contribution is 2.26. The molecule has 0 aromatic heterocycles. The van der Waals surface area contributed by atoms with Crippen molar-refractivity contribution in [1.82, 2.24) is 0 Å². The van der Waals surface area contributed by atoms with Gasteiger partial charge in [0.2, 0.25) is 0 Å². The number of hydrogen-bond donors (Lipinski definition) is 1. The molecule has 2 aromatic carbocycles. The molecule has 4 nitrogen and oxygen atoms in total. The van der Waals surface area contributed by atoms with Crippen LogP contribution in [-0.4, -0.2) is 31.2 Å². The summed E-state index contributed by atoms with van der Waals surface area (Å²) in [5.41, 5.74) is 3.10. The third-order valence-corrected chi connectivity index (χ3v) is 4.40. The quantitative estimate of drug-likeness (QED) is 0.404. The van der Waals surface area contributed by atoms with E-state index >= 15 is 0 Å². The normalized spacial score (nSPS) is 15.5. The minimum absolute atomic E-state index is 0.567. The predicted octanol–water partition coefficient (Wildman–Crippen LogP) is 3.95. The molecule has 1 aliphatic rings. The lowest BCUT2D eigenvalue weighted by Crippen LogP contribution is -2.33. The lowest BCUT2D eigenvalue weighted by atomic mass is 10.1. The third kappa shape index (κ3) is 3.31. The fourth-order valence-electron chi connectivity index (χ4n) is 3.15. The summed E-state index contributed by atoms with van der Waals surface area (Å²) in [5, 5.41) is 13.3. The van der Waals surface area contributed by atoms with Crippen LogP contribution in [0.4, 0.5) is 11.4 Å². The van der Waals surface area contributed by atoms with E-state index in [1.807, 2.05) is 60.5 Å². The van der Waals surface area contributed by atoms with Gasteiger partial charge in [-0.05, 0) is 43.5 Å². The molecule has 23 heavy (non-hydrogen) atoms. The summed E-state index contributed by atoms with van der Waals surface area (Å²) in [4.78, 5) is 4.31. The Morgan fingerprint density at radius 2 is 1.61 bits per heavy atom. The lowest BCUT2D eigenvalue weighted by molar-refractivity contribution is 0.318. The Morgan fingerprint density at radius 1 is 0.957 bits per heavy atom. The number of oxime groups is 1. The maximum Gasteiger partial charge on any atom is 0.181 e. The van der Waals surface area contributed by atoms with Crippen LogP contribution in [0.3, 0.4) is 0 Å². The van der Waals surface area contributed by atoms with E-state index in [9.17, 15) is 5.21 Å². The SMILES string of the molecule is CN(/C(=N\O)c1ccccc1N1CCCCC1)c1ccccc1. The van der Waals surface area contributed by atoms with Gasteiger partial charge in [-0.3, -0.25) is 0 Å². The highest BCUT2D eigenvalue weighted by molar-refractivity contribution is 6.12. The summed E-state index contributed by atoms with van der Waals surface area (Å²) in [6, 6.07) is 18.1. The Morgan fingerprint density at radius 3 is 2.30 bits per heavy atom. The molecule has 1 saturated heterocycles. The molecule has 0 amide bonds. The number of rotatable bonds is 3.